The van der Waals surface area contributed by atoms with Crippen LogP contribution in [0.15, 0.2) is 27.7 Å². The van der Waals surface area contributed by atoms with Crippen LogP contribution in [0.3, 0.4) is 0 Å². The van der Waals surface area contributed by atoms with Gasteiger partial charge in [0.25, 0.3) is 0 Å². The molecule has 2 aliphatic heterocycles. The third-order valence-corrected chi connectivity index (χ3v) is 5.32. The normalized spacial score (nSPS) is 21.5. The maximum atomic E-state index is 5.44. The van der Waals surface area contributed by atoms with Crippen molar-refractivity contribution >= 4 is 38.5 Å². The van der Waals surface area contributed by atoms with E-state index in [-0.39, 0.29) is 5.54 Å². The summed E-state index contributed by atoms with van der Waals surface area (Å²) in [5, 5.41) is 4.51. The van der Waals surface area contributed by atoms with Gasteiger partial charge in [-0.2, -0.15) is 0 Å². The number of hydrogen-bond donors (Lipinski definition) is 1. The van der Waals surface area contributed by atoms with Gasteiger partial charge in [0.1, 0.15) is 0 Å². The molecule has 0 saturated carbocycles. The van der Waals surface area contributed by atoms with Crippen molar-refractivity contribution in [2.24, 2.45) is 4.99 Å². The van der Waals surface area contributed by atoms with Gasteiger partial charge in [-0.25, -0.2) is 0 Å². The number of nitrogens with one attached hydrogen (secondary N) is 1. The van der Waals surface area contributed by atoms with Crippen molar-refractivity contribution in [3.63, 3.8) is 0 Å². The van der Waals surface area contributed by atoms with Crippen LogP contribution in [-0.2, 0) is 4.74 Å². The molecule has 2 heterocycles. The van der Waals surface area contributed by atoms with Crippen molar-refractivity contribution in [3.05, 3.63) is 28.2 Å². The fraction of sp³-hybridized carbons (Fsp3) is 0.500. The first-order chi connectivity index (χ1) is 9.17. The molecule has 0 aromatic heterocycles. The topological polar surface area (TPSA) is 33.6 Å². The summed E-state index contributed by atoms with van der Waals surface area (Å²) >= 11 is 5.34. The largest absolute Gasteiger partial charge is 0.381 e. The predicted octanol–water partition coefficient (Wildman–Crippen LogP) is 3.82. The number of benzene rings is 1. The molecule has 1 saturated heterocycles. The van der Waals surface area contributed by atoms with Gasteiger partial charge in [0.15, 0.2) is 5.17 Å². The highest BCUT2D eigenvalue weighted by molar-refractivity contribution is 9.10. The Balaban J connectivity index is 1.77. The molecule has 1 aromatic rings. The first-order valence-corrected chi connectivity index (χ1v) is 8.28. The average Bonchev–Trinajstić information content (AvgIpc) is 2.78. The number of amidine groups is 1. The van der Waals surface area contributed by atoms with E-state index in [1.807, 2.05) is 11.8 Å². The summed E-state index contributed by atoms with van der Waals surface area (Å²) in [6.07, 6.45) is 2.09. The SMILES string of the molecule is Cc1ccc(Br)cc1NC1=NC2(CCOCC2)CS1. The summed E-state index contributed by atoms with van der Waals surface area (Å²) in [5.74, 6) is 1.08. The van der Waals surface area contributed by atoms with E-state index in [0.717, 1.165) is 47.1 Å². The van der Waals surface area contributed by atoms with Gasteiger partial charge < -0.3 is 10.1 Å². The van der Waals surface area contributed by atoms with E-state index >= 15 is 0 Å². The molecular formula is C14H17BrN2OS. The second-order valence-corrected chi connectivity index (χ2v) is 7.01. The molecular weight excluding hydrogens is 324 g/mol. The monoisotopic (exact) mass is 340 g/mol. The molecule has 0 bridgehead atoms. The third kappa shape index (κ3) is 2.98. The van der Waals surface area contributed by atoms with Gasteiger partial charge in [-0.1, -0.05) is 33.8 Å². The van der Waals surface area contributed by atoms with Crippen LogP contribution in [0.25, 0.3) is 0 Å². The molecule has 1 aromatic carbocycles. The Morgan fingerprint density at radius 2 is 2.16 bits per heavy atom. The lowest BCUT2D eigenvalue weighted by atomic mass is 9.93. The van der Waals surface area contributed by atoms with Crippen LogP contribution in [0.5, 0.6) is 0 Å². The predicted molar refractivity (Wildman–Crippen MR) is 85.2 cm³/mol. The minimum absolute atomic E-state index is 0.116. The molecule has 1 spiro atoms. The molecule has 1 N–H and O–H groups in total. The lowest BCUT2D eigenvalue weighted by molar-refractivity contribution is 0.0624. The molecule has 0 atom stereocenters. The first-order valence-electron chi connectivity index (χ1n) is 6.51. The van der Waals surface area contributed by atoms with E-state index in [1.54, 1.807) is 0 Å². The summed E-state index contributed by atoms with van der Waals surface area (Å²) in [6, 6.07) is 6.27. The maximum Gasteiger partial charge on any atom is 0.161 e. The minimum atomic E-state index is 0.116. The number of aliphatic imine (C=N–C) groups is 1. The third-order valence-electron chi connectivity index (χ3n) is 3.68. The van der Waals surface area contributed by atoms with E-state index in [9.17, 15) is 0 Å². The maximum absolute atomic E-state index is 5.44. The summed E-state index contributed by atoms with van der Waals surface area (Å²) in [6.45, 7) is 3.79. The summed E-state index contributed by atoms with van der Waals surface area (Å²) in [5.41, 5.74) is 2.48. The number of rotatable bonds is 1. The zero-order valence-corrected chi connectivity index (χ0v) is 13.3. The average molecular weight is 341 g/mol. The number of aryl methyl sites for hydroxylation is 1. The van der Waals surface area contributed by atoms with Gasteiger partial charge in [0, 0.05) is 29.1 Å². The van der Waals surface area contributed by atoms with E-state index in [2.05, 4.69) is 46.4 Å². The van der Waals surface area contributed by atoms with Crippen molar-refractivity contribution < 1.29 is 4.74 Å². The van der Waals surface area contributed by atoms with Gasteiger partial charge in [0.05, 0.1) is 5.54 Å². The van der Waals surface area contributed by atoms with Crippen LogP contribution in [0.4, 0.5) is 5.69 Å². The fourth-order valence-electron chi connectivity index (χ4n) is 2.40. The van der Waals surface area contributed by atoms with Gasteiger partial charge in [-0.05, 0) is 37.5 Å². The van der Waals surface area contributed by atoms with E-state index in [0.29, 0.717) is 0 Å². The molecule has 5 heteroatoms. The summed E-state index contributed by atoms with van der Waals surface area (Å²) < 4.78 is 6.53. The fourth-order valence-corrected chi connectivity index (χ4v) is 3.96. The summed E-state index contributed by atoms with van der Waals surface area (Å²) in [7, 11) is 0. The zero-order valence-electron chi connectivity index (χ0n) is 10.9. The summed E-state index contributed by atoms with van der Waals surface area (Å²) in [4.78, 5) is 4.92. The Morgan fingerprint density at radius 1 is 1.37 bits per heavy atom. The Kier molecular flexibility index (Phi) is 3.87. The zero-order chi connectivity index (χ0) is 13.3. The Labute approximate surface area is 126 Å². The van der Waals surface area contributed by atoms with Gasteiger partial charge in [-0.3, -0.25) is 4.99 Å². The minimum Gasteiger partial charge on any atom is -0.381 e. The second kappa shape index (κ2) is 5.46. The molecule has 0 unspecified atom stereocenters. The van der Waals surface area contributed by atoms with Crippen molar-refractivity contribution in [2.45, 2.75) is 25.3 Å². The van der Waals surface area contributed by atoms with Gasteiger partial charge >= 0.3 is 0 Å². The highest BCUT2D eigenvalue weighted by Crippen LogP contribution is 2.36. The smallest absolute Gasteiger partial charge is 0.161 e. The molecule has 1 fully saturated rings. The first kappa shape index (κ1) is 13.5. The standard InChI is InChI=1S/C14H17BrN2OS/c1-10-2-3-11(15)8-12(10)16-13-17-14(9-19-13)4-6-18-7-5-14/h2-3,8H,4-7,9H2,1H3,(H,16,17). The molecule has 102 valence electrons. The van der Waals surface area contributed by atoms with Crippen LogP contribution in [-0.4, -0.2) is 29.7 Å². The number of halogens is 1. The molecule has 0 aliphatic carbocycles. The van der Waals surface area contributed by atoms with Crippen LogP contribution in [0, 0.1) is 6.92 Å². The molecule has 0 amide bonds. The number of thioether (sulfide) groups is 1. The highest BCUT2D eigenvalue weighted by Gasteiger charge is 2.37. The van der Waals surface area contributed by atoms with Crippen molar-refractivity contribution in [3.8, 4) is 0 Å². The van der Waals surface area contributed by atoms with Gasteiger partial charge in [-0.15, -0.1) is 0 Å². The van der Waals surface area contributed by atoms with Crippen molar-refractivity contribution in [1.82, 2.24) is 0 Å². The highest BCUT2D eigenvalue weighted by atomic mass is 79.9. The number of ether oxygens (including phenoxy) is 1. The molecule has 3 nitrogen and oxygen atoms in total. The van der Waals surface area contributed by atoms with Crippen molar-refractivity contribution in [2.75, 3.05) is 24.3 Å². The number of hydrogen-bond acceptors (Lipinski definition) is 4. The van der Waals surface area contributed by atoms with Crippen molar-refractivity contribution in [1.29, 1.82) is 0 Å². The number of anilines is 1. The lowest BCUT2D eigenvalue weighted by Gasteiger charge is -2.29. The number of nitrogens with zero attached hydrogens (tertiary/aromatic N) is 1. The van der Waals surface area contributed by atoms with Crippen LogP contribution in [0.2, 0.25) is 0 Å². The Morgan fingerprint density at radius 3 is 2.95 bits per heavy atom. The van der Waals surface area contributed by atoms with Gasteiger partial charge in [0.2, 0.25) is 0 Å². The second-order valence-electron chi connectivity index (χ2n) is 5.13. The molecule has 19 heavy (non-hydrogen) atoms. The molecule has 3 rings (SSSR count). The Hall–Kier alpha value is -0.520. The Bertz CT molecular complexity index is 512. The molecule has 0 radical (unpaired) electrons. The van der Waals surface area contributed by atoms with E-state index < -0.39 is 0 Å². The van der Waals surface area contributed by atoms with Crippen LogP contribution >= 0.6 is 27.7 Å². The quantitative estimate of drug-likeness (QED) is 0.843. The van der Waals surface area contributed by atoms with Crippen LogP contribution in [0.1, 0.15) is 18.4 Å². The molecule has 2 aliphatic rings. The van der Waals surface area contributed by atoms with E-state index in [4.69, 9.17) is 9.73 Å². The lowest BCUT2D eigenvalue weighted by Crippen LogP contribution is -2.34. The van der Waals surface area contributed by atoms with Crippen LogP contribution < -0.4 is 5.32 Å². The van der Waals surface area contributed by atoms with E-state index in [1.165, 1.54) is 5.56 Å².